The number of amides is 1. The number of hydrogen-bond acceptors (Lipinski definition) is 6. The third-order valence-corrected chi connectivity index (χ3v) is 5.74. The van der Waals surface area contributed by atoms with E-state index in [2.05, 4.69) is 15.2 Å². The molecule has 1 saturated heterocycles. The summed E-state index contributed by atoms with van der Waals surface area (Å²) in [6, 6.07) is 6.80. The van der Waals surface area contributed by atoms with Crippen LogP contribution in [0.15, 0.2) is 35.3 Å². The topological polar surface area (TPSA) is 105 Å². The number of likely N-dealkylation sites (tertiary alicyclic amines) is 1. The number of rotatable bonds is 7. The first kappa shape index (κ1) is 21.2. The lowest BCUT2D eigenvalue weighted by molar-refractivity contribution is 0.0943. The van der Waals surface area contributed by atoms with Crippen molar-refractivity contribution in [3.63, 3.8) is 0 Å². The fraction of sp³-hybridized carbons (Fsp3) is 0.455. The maximum Gasteiger partial charge on any atom is 0.267 e. The minimum Gasteiger partial charge on any atom is -0.383 e. The first-order valence-corrected chi connectivity index (χ1v) is 10.7. The summed E-state index contributed by atoms with van der Waals surface area (Å²) in [4.78, 5) is 33.0. The molecule has 31 heavy (non-hydrogen) atoms. The van der Waals surface area contributed by atoms with Gasteiger partial charge in [0.1, 0.15) is 16.8 Å². The Labute approximate surface area is 179 Å². The molecule has 0 aliphatic carbocycles. The van der Waals surface area contributed by atoms with E-state index in [9.17, 15) is 9.59 Å². The van der Waals surface area contributed by atoms with Gasteiger partial charge in [-0.1, -0.05) is 12.5 Å². The van der Waals surface area contributed by atoms with E-state index in [1.807, 2.05) is 0 Å². The minimum absolute atomic E-state index is 0.0206. The van der Waals surface area contributed by atoms with Gasteiger partial charge in [0.2, 0.25) is 0 Å². The number of piperidine rings is 1. The third kappa shape index (κ3) is 4.38. The number of nitrogens with one attached hydrogen (secondary N) is 2. The van der Waals surface area contributed by atoms with Crippen LogP contribution in [0.1, 0.15) is 29.6 Å². The van der Waals surface area contributed by atoms with Gasteiger partial charge in [-0.2, -0.15) is 0 Å². The fourth-order valence-electron chi connectivity index (χ4n) is 4.07. The van der Waals surface area contributed by atoms with Crippen LogP contribution >= 0.6 is 0 Å². The van der Waals surface area contributed by atoms with Crippen LogP contribution in [-0.2, 0) is 11.3 Å². The summed E-state index contributed by atoms with van der Waals surface area (Å²) >= 11 is 0. The monoisotopic (exact) mass is 424 g/mol. The molecule has 3 aromatic rings. The zero-order valence-corrected chi connectivity index (χ0v) is 17.8. The number of nitrogens with zero attached hydrogens (tertiary/aromatic N) is 4. The molecule has 164 valence electrons. The molecule has 0 radical (unpaired) electrons. The van der Waals surface area contributed by atoms with E-state index < -0.39 is 0 Å². The first-order chi connectivity index (χ1) is 15.1. The molecule has 9 nitrogen and oxygen atoms in total. The summed E-state index contributed by atoms with van der Waals surface area (Å²) in [5, 5.41) is 11.9. The molecule has 0 atom stereocenters. The van der Waals surface area contributed by atoms with Crippen molar-refractivity contribution in [1.29, 1.82) is 5.41 Å². The van der Waals surface area contributed by atoms with Crippen LogP contribution in [0.4, 0.5) is 0 Å². The van der Waals surface area contributed by atoms with Crippen LogP contribution < -0.4 is 16.4 Å². The van der Waals surface area contributed by atoms with E-state index in [-0.39, 0.29) is 22.5 Å². The van der Waals surface area contributed by atoms with Crippen molar-refractivity contribution in [3.05, 3.63) is 51.9 Å². The zero-order chi connectivity index (χ0) is 21.8. The second-order valence-electron chi connectivity index (χ2n) is 7.79. The van der Waals surface area contributed by atoms with Crippen molar-refractivity contribution in [2.75, 3.05) is 39.9 Å². The molecular formula is C22H28N6O3. The Hall–Kier alpha value is -3.04. The van der Waals surface area contributed by atoms with Gasteiger partial charge in [0.25, 0.3) is 11.5 Å². The summed E-state index contributed by atoms with van der Waals surface area (Å²) in [7, 11) is 1.57. The smallest absolute Gasteiger partial charge is 0.267 e. The quantitative estimate of drug-likeness (QED) is 0.551. The number of methoxy groups -OCH3 is 1. The molecule has 1 fully saturated rings. The van der Waals surface area contributed by atoms with Crippen molar-refractivity contribution in [2.45, 2.75) is 25.8 Å². The highest BCUT2D eigenvalue weighted by Crippen LogP contribution is 2.11. The number of carbonyl (C=O) groups excluding carboxylic acids is 1. The SMILES string of the molecule is COCCn1c(=N)c(C(=O)NCCN2CCCCC2)cc2c(=O)n3ccccc3nc21. The second kappa shape index (κ2) is 9.40. The molecule has 4 rings (SSSR count). The lowest BCUT2D eigenvalue weighted by Gasteiger charge is -2.26. The predicted molar refractivity (Wildman–Crippen MR) is 117 cm³/mol. The summed E-state index contributed by atoms with van der Waals surface area (Å²) in [5.74, 6) is -0.354. The van der Waals surface area contributed by atoms with Crippen LogP contribution in [-0.4, -0.2) is 64.7 Å². The van der Waals surface area contributed by atoms with E-state index >= 15 is 0 Å². The first-order valence-electron chi connectivity index (χ1n) is 10.7. The molecular weight excluding hydrogens is 396 g/mol. The van der Waals surface area contributed by atoms with Gasteiger partial charge in [0, 0.05) is 32.9 Å². The summed E-state index contributed by atoms with van der Waals surface area (Å²) in [5.41, 5.74) is 0.783. The molecule has 1 aliphatic rings. The summed E-state index contributed by atoms with van der Waals surface area (Å²) < 4.78 is 8.20. The Morgan fingerprint density at radius 3 is 2.81 bits per heavy atom. The second-order valence-corrected chi connectivity index (χ2v) is 7.79. The van der Waals surface area contributed by atoms with Gasteiger partial charge in [-0.05, 0) is 44.1 Å². The molecule has 0 spiro atoms. The predicted octanol–water partition coefficient (Wildman–Crippen LogP) is 0.991. The number of fused-ring (bicyclic) bond motifs is 2. The van der Waals surface area contributed by atoms with E-state index in [0.29, 0.717) is 36.4 Å². The Morgan fingerprint density at radius 1 is 1.23 bits per heavy atom. The summed E-state index contributed by atoms with van der Waals surface area (Å²) in [6.45, 7) is 4.05. The van der Waals surface area contributed by atoms with Crippen LogP contribution in [0.3, 0.4) is 0 Å². The number of ether oxygens (including phenoxy) is 1. The van der Waals surface area contributed by atoms with Gasteiger partial charge >= 0.3 is 0 Å². The van der Waals surface area contributed by atoms with Gasteiger partial charge < -0.3 is 19.5 Å². The maximum absolute atomic E-state index is 13.1. The molecule has 4 heterocycles. The molecule has 1 aliphatic heterocycles. The van der Waals surface area contributed by atoms with Gasteiger partial charge in [-0.3, -0.25) is 19.4 Å². The average Bonchev–Trinajstić information content (AvgIpc) is 2.79. The maximum atomic E-state index is 13.1. The Kier molecular flexibility index (Phi) is 6.43. The Balaban J connectivity index is 1.70. The van der Waals surface area contributed by atoms with E-state index in [0.717, 1.165) is 19.6 Å². The largest absolute Gasteiger partial charge is 0.383 e. The molecule has 1 amide bonds. The highest BCUT2D eigenvalue weighted by molar-refractivity contribution is 5.96. The van der Waals surface area contributed by atoms with Crippen molar-refractivity contribution in [2.24, 2.45) is 0 Å². The molecule has 0 unspecified atom stereocenters. The number of carbonyl (C=O) groups is 1. The van der Waals surface area contributed by atoms with E-state index in [1.165, 1.54) is 29.7 Å². The van der Waals surface area contributed by atoms with Crippen LogP contribution in [0.25, 0.3) is 16.7 Å². The van der Waals surface area contributed by atoms with Crippen molar-refractivity contribution in [3.8, 4) is 0 Å². The highest BCUT2D eigenvalue weighted by atomic mass is 16.5. The molecule has 0 aromatic carbocycles. The van der Waals surface area contributed by atoms with E-state index in [1.54, 1.807) is 36.1 Å². The summed E-state index contributed by atoms with van der Waals surface area (Å²) in [6.07, 6.45) is 5.30. The number of hydrogen-bond donors (Lipinski definition) is 2. The lowest BCUT2D eigenvalue weighted by Crippen LogP contribution is -2.40. The Morgan fingerprint density at radius 2 is 2.03 bits per heavy atom. The number of pyridine rings is 2. The van der Waals surface area contributed by atoms with Crippen LogP contribution in [0.5, 0.6) is 0 Å². The van der Waals surface area contributed by atoms with Gasteiger partial charge in [-0.15, -0.1) is 0 Å². The van der Waals surface area contributed by atoms with E-state index in [4.69, 9.17) is 10.1 Å². The average molecular weight is 425 g/mol. The fourth-order valence-corrected chi connectivity index (χ4v) is 4.07. The van der Waals surface area contributed by atoms with Crippen LogP contribution in [0, 0.1) is 5.41 Å². The van der Waals surface area contributed by atoms with Crippen molar-refractivity contribution < 1.29 is 9.53 Å². The standard InChI is InChI=1S/C22H28N6O3/c1-31-14-13-28-19(23)16(21(29)24-8-12-26-9-4-2-5-10-26)15-17-20(28)25-18-7-3-6-11-27(18)22(17)30/h3,6-7,11,15,23H,2,4-5,8-10,12-14H2,1H3,(H,24,29). The lowest BCUT2D eigenvalue weighted by atomic mass is 10.1. The third-order valence-electron chi connectivity index (χ3n) is 5.74. The van der Waals surface area contributed by atoms with Crippen LogP contribution in [0.2, 0.25) is 0 Å². The normalized spacial score (nSPS) is 14.9. The van der Waals surface area contributed by atoms with Crippen molar-refractivity contribution in [1.82, 2.24) is 24.2 Å². The molecule has 9 heteroatoms. The molecule has 0 bridgehead atoms. The van der Waals surface area contributed by atoms with Gasteiger partial charge in [-0.25, -0.2) is 4.98 Å². The minimum atomic E-state index is -0.354. The molecule has 0 saturated carbocycles. The van der Waals surface area contributed by atoms with Crippen molar-refractivity contribution >= 4 is 22.6 Å². The molecule has 3 aromatic heterocycles. The zero-order valence-electron chi connectivity index (χ0n) is 17.8. The van der Waals surface area contributed by atoms with Gasteiger partial charge in [0.05, 0.1) is 17.6 Å². The Bertz CT molecular complexity index is 1210. The number of aromatic nitrogens is 3. The molecule has 2 N–H and O–H groups in total. The highest BCUT2D eigenvalue weighted by Gasteiger charge is 2.18. The van der Waals surface area contributed by atoms with Gasteiger partial charge in [0.15, 0.2) is 0 Å².